The molecule has 26 heavy (non-hydrogen) atoms. The highest BCUT2D eigenvalue weighted by atomic mass is 19.4. The molecule has 1 heterocycles. The molecule has 0 aromatic heterocycles. The van der Waals surface area contributed by atoms with Gasteiger partial charge in [-0.15, -0.1) is 0 Å². The second-order valence-corrected chi connectivity index (χ2v) is 7.24. The van der Waals surface area contributed by atoms with E-state index < -0.39 is 54.1 Å². The highest BCUT2D eigenvalue weighted by Gasteiger charge is 2.55. The van der Waals surface area contributed by atoms with Gasteiger partial charge < -0.3 is 14.0 Å². The van der Waals surface area contributed by atoms with Gasteiger partial charge in [-0.25, -0.2) is 4.39 Å². The second-order valence-electron chi connectivity index (χ2n) is 7.24. The average Bonchev–Trinajstić information content (AvgIpc) is 2.72. The summed E-state index contributed by atoms with van der Waals surface area (Å²) in [5, 5.41) is 0. The van der Waals surface area contributed by atoms with Crippen LogP contribution >= 0.6 is 0 Å². The number of carbonyl (C=O) groups is 1. The van der Waals surface area contributed by atoms with Crippen LogP contribution in [0.2, 0.25) is 0 Å². The van der Waals surface area contributed by atoms with E-state index in [9.17, 15) is 22.4 Å². The summed E-state index contributed by atoms with van der Waals surface area (Å²) in [4.78, 5) is 11.8. The van der Waals surface area contributed by atoms with E-state index in [2.05, 4.69) is 4.74 Å². The van der Waals surface area contributed by atoms with Crippen molar-refractivity contribution in [3.8, 4) is 0 Å². The smallest absolute Gasteiger partial charge is 0.466 e. The van der Waals surface area contributed by atoms with E-state index in [-0.39, 0.29) is 5.56 Å². The minimum absolute atomic E-state index is 0.275. The molecule has 0 N–H and O–H groups in total. The van der Waals surface area contributed by atoms with E-state index >= 15 is 0 Å². The van der Waals surface area contributed by atoms with E-state index in [4.69, 9.17) is 9.31 Å². The first-order chi connectivity index (χ1) is 11.8. The quantitative estimate of drug-likeness (QED) is 0.451. The molecule has 4 nitrogen and oxygen atoms in total. The van der Waals surface area contributed by atoms with Gasteiger partial charge in [-0.2, -0.15) is 13.2 Å². The number of halogens is 4. The van der Waals surface area contributed by atoms with Crippen molar-refractivity contribution in [2.45, 2.75) is 57.3 Å². The molecule has 1 unspecified atom stereocenters. The molecule has 1 aromatic rings. The SMILES string of the molecule is COC(=O)CC(B1OC(C)(C)C(C)(C)O1)c1ccc(F)cc1C(F)(F)F. The van der Waals surface area contributed by atoms with Crippen LogP contribution in [0, 0.1) is 5.82 Å². The minimum atomic E-state index is -4.80. The molecule has 0 saturated carbocycles. The summed E-state index contributed by atoms with van der Waals surface area (Å²) in [5.41, 5.74) is -3.04. The van der Waals surface area contributed by atoms with Crippen LogP contribution in [0.25, 0.3) is 0 Å². The number of hydrogen-bond acceptors (Lipinski definition) is 4. The Kier molecular flexibility index (Phi) is 5.45. The van der Waals surface area contributed by atoms with Crippen LogP contribution in [0.15, 0.2) is 18.2 Å². The molecule has 1 aliphatic rings. The van der Waals surface area contributed by atoms with E-state index in [0.29, 0.717) is 6.07 Å². The lowest BCUT2D eigenvalue weighted by Gasteiger charge is -2.32. The number of benzene rings is 1. The molecule has 0 spiro atoms. The van der Waals surface area contributed by atoms with Crippen LogP contribution in [-0.4, -0.2) is 31.4 Å². The Morgan fingerprint density at radius 2 is 1.73 bits per heavy atom. The molecule has 1 atom stereocenters. The number of carbonyl (C=O) groups excluding carboxylic acids is 1. The topological polar surface area (TPSA) is 44.8 Å². The lowest BCUT2D eigenvalue weighted by atomic mass is 9.65. The van der Waals surface area contributed by atoms with E-state index in [1.165, 1.54) is 0 Å². The van der Waals surface area contributed by atoms with Crippen LogP contribution < -0.4 is 0 Å². The number of hydrogen-bond donors (Lipinski definition) is 0. The fraction of sp³-hybridized carbons (Fsp3) is 0.588. The number of esters is 1. The number of methoxy groups -OCH3 is 1. The van der Waals surface area contributed by atoms with E-state index in [0.717, 1.165) is 19.2 Å². The fourth-order valence-electron chi connectivity index (χ4n) is 2.77. The van der Waals surface area contributed by atoms with Gasteiger partial charge in [0, 0.05) is 5.82 Å². The van der Waals surface area contributed by atoms with Crippen molar-refractivity contribution in [3.63, 3.8) is 0 Å². The third-order valence-electron chi connectivity index (χ3n) is 4.93. The van der Waals surface area contributed by atoms with E-state index in [1.54, 1.807) is 27.7 Å². The Bertz CT molecular complexity index is 672. The van der Waals surface area contributed by atoms with Crippen molar-refractivity contribution in [1.82, 2.24) is 0 Å². The molecule has 1 saturated heterocycles. The molecular weight excluding hydrogens is 355 g/mol. The molecule has 144 valence electrons. The van der Waals surface area contributed by atoms with Gasteiger partial charge in [0.1, 0.15) is 5.82 Å². The van der Waals surface area contributed by atoms with Crippen molar-refractivity contribution in [3.05, 3.63) is 35.1 Å². The number of alkyl halides is 3. The number of rotatable bonds is 4. The summed E-state index contributed by atoms with van der Waals surface area (Å²) >= 11 is 0. The van der Waals surface area contributed by atoms with Crippen molar-refractivity contribution in [2.75, 3.05) is 7.11 Å². The van der Waals surface area contributed by atoms with Crippen molar-refractivity contribution in [1.29, 1.82) is 0 Å². The van der Waals surface area contributed by atoms with Gasteiger partial charge in [-0.3, -0.25) is 4.79 Å². The van der Waals surface area contributed by atoms with Gasteiger partial charge in [0.15, 0.2) is 0 Å². The Labute approximate surface area is 149 Å². The molecule has 9 heteroatoms. The van der Waals surface area contributed by atoms with Gasteiger partial charge in [-0.1, -0.05) is 6.07 Å². The summed E-state index contributed by atoms with van der Waals surface area (Å²) in [6.07, 6.45) is -5.20. The molecule has 0 bridgehead atoms. The summed E-state index contributed by atoms with van der Waals surface area (Å²) < 4.78 is 70.0. The van der Waals surface area contributed by atoms with Crippen molar-refractivity contribution < 1.29 is 36.4 Å². The molecule has 0 radical (unpaired) electrons. The number of ether oxygens (including phenoxy) is 1. The lowest BCUT2D eigenvalue weighted by molar-refractivity contribution is -0.142. The van der Waals surface area contributed by atoms with Crippen LogP contribution in [0.4, 0.5) is 17.6 Å². The normalized spacial score (nSPS) is 20.1. The van der Waals surface area contributed by atoms with Gasteiger partial charge in [0.05, 0.1) is 30.3 Å². The summed E-state index contributed by atoms with van der Waals surface area (Å²) in [7, 11) is 0.0181. The molecule has 2 rings (SSSR count). The Balaban J connectivity index is 2.53. The zero-order valence-electron chi connectivity index (χ0n) is 15.2. The van der Waals surface area contributed by atoms with Crippen LogP contribution in [0.1, 0.15) is 51.1 Å². The zero-order chi connectivity index (χ0) is 19.9. The largest absolute Gasteiger partial charge is 0.469 e. The lowest BCUT2D eigenvalue weighted by Crippen LogP contribution is -2.41. The summed E-state index contributed by atoms with van der Waals surface area (Å²) in [5.74, 6) is -2.85. The van der Waals surface area contributed by atoms with Gasteiger partial charge in [0.2, 0.25) is 0 Å². The highest BCUT2D eigenvalue weighted by Crippen LogP contribution is 2.44. The van der Waals surface area contributed by atoms with Crippen molar-refractivity contribution in [2.24, 2.45) is 0 Å². The maximum atomic E-state index is 13.4. The molecule has 0 aliphatic carbocycles. The first-order valence-corrected chi connectivity index (χ1v) is 8.07. The maximum Gasteiger partial charge on any atom is 0.466 e. The molecule has 1 aliphatic heterocycles. The Hall–Kier alpha value is -1.61. The Morgan fingerprint density at radius 3 is 2.19 bits per heavy atom. The molecule has 1 aromatic carbocycles. The molecular formula is C17H21BF4O4. The maximum absolute atomic E-state index is 13.4. The monoisotopic (exact) mass is 376 g/mol. The van der Waals surface area contributed by atoms with Crippen LogP contribution in [-0.2, 0) is 25.0 Å². The Morgan fingerprint density at radius 1 is 1.19 bits per heavy atom. The van der Waals surface area contributed by atoms with Crippen molar-refractivity contribution >= 4 is 13.1 Å². The first-order valence-electron chi connectivity index (χ1n) is 8.07. The molecule has 1 fully saturated rings. The first kappa shape index (κ1) is 20.7. The van der Waals surface area contributed by atoms with Crippen LogP contribution in [0.5, 0.6) is 0 Å². The third-order valence-corrected chi connectivity index (χ3v) is 4.93. The zero-order valence-corrected chi connectivity index (χ0v) is 15.2. The highest BCUT2D eigenvalue weighted by molar-refractivity contribution is 6.48. The van der Waals surface area contributed by atoms with E-state index in [1.807, 2.05) is 0 Å². The average molecular weight is 376 g/mol. The fourth-order valence-corrected chi connectivity index (χ4v) is 2.77. The predicted molar refractivity (Wildman–Crippen MR) is 86.9 cm³/mol. The van der Waals surface area contributed by atoms with Gasteiger partial charge in [-0.05, 0) is 45.4 Å². The third kappa shape index (κ3) is 4.04. The van der Waals surface area contributed by atoms with Gasteiger partial charge in [0.25, 0.3) is 0 Å². The van der Waals surface area contributed by atoms with Gasteiger partial charge >= 0.3 is 19.3 Å². The minimum Gasteiger partial charge on any atom is -0.469 e. The molecule has 0 amide bonds. The predicted octanol–water partition coefficient (Wildman–Crippen LogP) is 4.12. The van der Waals surface area contributed by atoms with Crippen LogP contribution in [0.3, 0.4) is 0 Å². The summed E-state index contributed by atoms with van der Waals surface area (Å²) in [6.45, 7) is 6.99. The second kappa shape index (κ2) is 6.85. The summed E-state index contributed by atoms with van der Waals surface area (Å²) in [6, 6.07) is 2.34. The standard InChI is InChI=1S/C17H21BF4O4/c1-15(2)16(3,4)26-18(25-15)13(9-14(23)24-5)11-7-6-10(19)8-12(11)17(20,21)22/h6-8,13H,9H2,1-5H3.